The van der Waals surface area contributed by atoms with Crippen molar-refractivity contribution in [1.29, 1.82) is 0 Å². The van der Waals surface area contributed by atoms with Crippen LogP contribution < -0.4 is 0 Å². The number of piperidine rings is 1. The third-order valence-electron chi connectivity index (χ3n) is 4.93. The van der Waals surface area contributed by atoms with Crippen LogP contribution in [0.4, 0.5) is 0 Å². The fraction of sp³-hybridized carbons (Fsp3) is 0.611. The normalized spacial score (nSPS) is 15.2. The first-order valence-electron chi connectivity index (χ1n) is 8.53. The van der Waals surface area contributed by atoms with Crippen molar-refractivity contribution in [3.05, 3.63) is 22.5 Å². The molecule has 1 aliphatic rings. The lowest BCUT2D eigenvalue weighted by Crippen LogP contribution is -2.40. The average Bonchev–Trinajstić information content (AvgIpc) is 2.83. The molecular weight excluding hydrogens is 324 g/mol. The monoisotopic (exact) mass is 350 g/mol. The van der Waals surface area contributed by atoms with Crippen LogP contribution in [0.5, 0.6) is 0 Å². The van der Waals surface area contributed by atoms with Gasteiger partial charge < -0.3 is 18.9 Å². The van der Waals surface area contributed by atoms with Crippen LogP contribution in [0.2, 0.25) is 0 Å². The second kappa shape index (κ2) is 7.72. The van der Waals surface area contributed by atoms with E-state index in [0.29, 0.717) is 42.8 Å². The highest BCUT2D eigenvalue weighted by atomic mass is 16.5. The van der Waals surface area contributed by atoms with E-state index in [2.05, 4.69) is 0 Å². The molecule has 1 aromatic rings. The number of carbonyl (C=O) groups is 3. The molecule has 1 aliphatic heterocycles. The number of hydrogen-bond acceptors (Lipinski definition) is 5. The number of ether oxygens (including phenoxy) is 2. The number of methoxy groups -OCH3 is 1. The van der Waals surface area contributed by atoms with Crippen LogP contribution in [-0.4, -0.2) is 54.1 Å². The third kappa shape index (κ3) is 3.55. The van der Waals surface area contributed by atoms with Gasteiger partial charge in [0.1, 0.15) is 5.69 Å². The fourth-order valence-electron chi connectivity index (χ4n) is 3.42. The van der Waals surface area contributed by atoms with Crippen molar-refractivity contribution in [1.82, 2.24) is 9.47 Å². The SMILES string of the molecule is CCOC(=O)c1c(C)c(C(=O)N2CCC(C(=O)OC)CC2)c(C)n1C. The van der Waals surface area contributed by atoms with Crippen molar-refractivity contribution in [2.45, 2.75) is 33.6 Å². The van der Waals surface area contributed by atoms with E-state index in [0.717, 1.165) is 5.69 Å². The van der Waals surface area contributed by atoms with Crippen LogP contribution in [0, 0.1) is 19.8 Å². The Morgan fingerprint density at radius 2 is 1.76 bits per heavy atom. The van der Waals surface area contributed by atoms with Gasteiger partial charge in [-0.05, 0) is 39.2 Å². The Labute approximate surface area is 147 Å². The van der Waals surface area contributed by atoms with Crippen molar-refractivity contribution in [3.8, 4) is 0 Å². The van der Waals surface area contributed by atoms with E-state index in [1.165, 1.54) is 7.11 Å². The zero-order valence-electron chi connectivity index (χ0n) is 15.5. The molecule has 0 aliphatic carbocycles. The third-order valence-corrected chi connectivity index (χ3v) is 4.93. The van der Waals surface area contributed by atoms with Gasteiger partial charge in [0, 0.05) is 25.8 Å². The van der Waals surface area contributed by atoms with Gasteiger partial charge in [-0.25, -0.2) is 4.79 Å². The van der Waals surface area contributed by atoms with E-state index in [9.17, 15) is 14.4 Å². The zero-order chi connectivity index (χ0) is 18.7. The molecule has 0 atom stereocenters. The van der Waals surface area contributed by atoms with Crippen molar-refractivity contribution < 1.29 is 23.9 Å². The van der Waals surface area contributed by atoms with Crippen LogP contribution in [0.3, 0.4) is 0 Å². The van der Waals surface area contributed by atoms with E-state index in [1.807, 2.05) is 6.92 Å². The second-order valence-electron chi connectivity index (χ2n) is 6.30. The zero-order valence-corrected chi connectivity index (χ0v) is 15.5. The highest BCUT2D eigenvalue weighted by molar-refractivity contribution is 6.01. The van der Waals surface area contributed by atoms with Crippen LogP contribution in [0.15, 0.2) is 0 Å². The first kappa shape index (κ1) is 19.0. The molecule has 0 bridgehead atoms. The second-order valence-corrected chi connectivity index (χ2v) is 6.30. The van der Waals surface area contributed by atoms with Crippen LogP contribution in [0.1, 0.15) is 51.9 Å². The molecule has 1 saturated heterocycles. The van der Waals surface area contributed by atoms with Crippen molar-refractivity contribution in [3.63, 3.8) is 0 Å². The van der Waals surface area contributed by atoms with Gasteiger partial charge in [-0.2, -0.15) is 0 Å². The smallest absolute Gasteiger partial charge is 0.355 e. The molecule has 25 heavy (non-hydrogen) atoms. The molecule has 1 aromatic heterocycles. The van der Waals surface area contributed by atoms with E-state index in [-0.39, 0.29) is 24.4 Å². The molecule has 0 radical (unpaired) electrons. The van der Waals surface area contributed by atoms with Gasteiger partial charge in [0.2, 0.25) is 0 Å². The van der Waals surface area contributed by atoms with Gasteiger partial charge in [0.05, 0.1) is 25.2 Å². The summed E-state index contributed by atoms with van der Waals surface area (Å²) in [4.78, 5) is 38.5. The molecule has 0 N–H and O–H groups in total. The summed E-state index contributed by atoms with van der Waals surface area (Å²) >= 11 is 0. The molecule has 0 spiro atoms. The van der Waals surface area contributed by atoms with E-state index < -0.39 is 5.97 Å². The predicted octanol–water partition coefficient (Wildman–Crippen LogP) is 1.84. The van der Waals surface area contributed by atoms with Gasteiger partial charge in [-0.15, -0.1) is 0 Å². The first-order valence-corrected chi connectivity index (χ1v) is 8.53. The molecular formula is C18H26N2O5. The maximum absolute atomic E-state index is 13.0. The summed E-state index contributed by atoms with van der Waals surface area (Å²) in [5.41, 5.74) is 2.33. The van der Waals surface area contributed by atoms with Crippen LogP contribution >= 0.6 is 0 Å². The largest absolute Gasteiger partial charge is 0.469 e. The van der Waals surface area contributed by atoms with E-state index >= 15 is 0 Å². The maximum atomic E-state index is 13.0. The van der Waals surface area contributed by atoms with Crippen molar-refractivity contribution >= 4 is 17.8 Å². The Morgan fingerprint density at radius 1 is 1.16 bits per heavy atom. The maximum Gasteiger partial charge on any atom is 0.355 e. The molecule has 7 heteroatoms. The molecule has 0 aromatic carbocycles. The highest BCUT2D eigenvalue weighted by Gasteiger charge is 2.32. The Morgan fingerprint density at radius 3 is 2.28 bits per heavy atom. The summed E-state index contributed by atoms with van der Waals surface area (Å²) in [5, 5.41) is 0. The van der Waals surface area contributed by atoms with Crippen LogP contribution in [0.25, 0.3) is 0 Å². The number of amides is 1. The topological polar surface area (TPSA) is 77.8 Å². The summed E-state index contributed by atoms with van der Waals surface area (Å²) in [7, 11) is 3.14. The van der Waals surface area contributed by atoms with E-state index in [4.69, 9.17) is 9.47 Å². The van der Waals surface area contributed by atoms with Crippen molar-refractivity contribution in [2.75, 3.05) is 26.8 Å². The van der Waals surface area contributed by atoms with Gasteiger partial charge in [0.25, 0.3) is 5.91 Å². The molecule has 0 unspecified atom stereocenters. The number of rotatable bonds is 4. The van der Waals surface area contributed by atoms with Crippen molar-refractivity contribution in [2.24, 2.45) is 13.0 Å². The summed E-state index contributed by atoms with van der Waals surface area (Å²) in [5.74, 6) is -0.899. The van der Waals surface area contributed by atoms with Gasteiger partial charge in [0.15, 0.2) is 0 Å². The number of aromatic nitrogens is 1. The minimum atomic E-state index is -0.422. The molecule has 1 amide bonds. The molecule has 0 saturated carbocycles. The highest BCUT2D eigenvalue weighted by Crippen LogP contribution is 2.26. The summed E-state index contributed by atoms with van der Waals surface area (Å²) in [6.07, 6.45) is 1.18. The van der Waals surface area contributed by atoms with E-state index in [1.54, 1.807) is 30.4 Å². The Kier molecular flexibility index (Phi) is 5.87. The van der Waals surface area contributed by atoms with Gasteiger partial charge >= 0.3 is 11.9 Å². The number of esters is 2. The van der Waals surface area contributed by atoms with Crippen LogP contribution in [-0.2, 0) is 21.3 Å². The first-order chi connectivity index (χ1) is 11.8. The quantitative estimate of drug-likeness (QED) is 0.775. The molecule has 138 valence electrons. The summed E-state index contributed by atoms with van der Waals surface area (Å²) in [6, 6.07) is 0. The molecule has 2 rings (SSSR count). The molecule has 1 fully saturated rings. The average molecular weight is 350 g/mol. The van der Waals surface area contributed by atoms with Gasteiger partial charge in [-0.3, -0.25) is 9.59 Å². The molecule has 2 heterocycles. The lowest BCUT2D eigenvalue weighted by atomic mass is 9.96. The number of likely N-dealkylation sites (tertiary alicyclic amines) is 1. The Bertz CT molecular complexity index is 684. The van der Waals surface area contributed by atoms with Gasteiger partial charge in [-0.1, -0.05) is 0 Å². The minimum Gasteiger partial charge on any atom is -0.469 e. The standard InChI is InChI=1S/C18H26N2O5/c1-6-25-18(23)15-11(2)14(12(3)19(15)4)16(21)20-9-7-13(8-10-20)17(22)24-5/h13H,6-10H2,1-5H3. The number of nitrogens with zero attached hydrogens (tertiary/aromatic N) is 2. The lowest BCUT2D eigenvalue weighted by Gasteiger charge is -2.31. The Balaban J connectivity index is 2.22. The summed E-state index contributed by atoms with van der Waals surface area (Å²) < 4.78 is 11.6. The fourth-order valence-corrected chi connectivity index (χ4v) is 3.42. The lowest BCUT2D eigenvalue weighted by molar-refractivity contribution is -0.146. The summed E-state index contributed by atoms with van der Waals surface area (Å²) in [6.45, 7) is 6.63. The molecule has 7 nitrogen and oxygen atoms in total. The minimum absolute atomic E-state index is 0.107. The number of hydrogen-bond donors (Lipinski definition) is 0. The Hall–Kier alpha value is -2.31. The predicted molar refractivity (Wildman–Crippen MR) is 91.5 cm³/mol. The number of carbonyl (C=O) groups excluding carboxylic acids is 3.